The molecule has 0 aromatic rings. The molecule has 2 saturated heterocycles. The van der Waals surface area contributed by atoms with Crippen molar-refractivity contribution in [2.24, 2.45) is 5.92 Å². The zero-order valence-corrected chi connectivity index (χ0v) is 7.32. The normalized spacial score (nSPS) is 43.0. The van der Waals surface area contributed by atoms with Gasteiger partial charge in [-0.3, -0.25) is 4.90 Å². The van der Waals surface area contributed by atoms with E-state index in [0.29, 0.717) is 5.92 Å². The Bertz CT molecular complexity index is 157. The first kappa shape index (κ1) is 8.48. The van der Waals surface area contributed by atoms with Crippen LogP contribution in [0.25, 0.3) is 0 Å². The molecular weight excluding hydrogens is 154 g/mol. The average molecular weight is 171 g/mol. The highest BCUT2D eigenvalue weighted by atomic mass is 16.3. The summed E-state index contributed by atoms with van der Waals surface area (Å²) in [5, 5.41) is 18.8. The Morgan fingerprint density at radius 2 is 2.08 bits per heavy atom. The van der Waals surface area contributed by atoms with E-state index in [1.54, 1.807) is 0 Å². The molecule has 0 amide bonds. The molecule has 0 saturated carbocycles. The number of hydrogen-bond acceptors (Lipinski definition) is 3. The summed E-state index contributed by atoms with van der Waals surface area (Å²) < 4.78 is 0. The van der Waals surface area contributed by atoms with Crippen molar-refractivity contribution < 1.29 is 10.2 Å². The fraction of sp³-hybridized carbons (Fsp3) is 1.00. The van der Waals surface area contributed by atoms with E-state index in [4.69, 9.17) is 5.11 Å². The second-order valence-electron chi connectivity index (χ2n) is 3.97. The Kier molecular flexibility index (Phi) is 2.35. The fourth-order valence-corrected chi connectivity index (χ4v) is 2.64. The number of hydrogen-bond donors (Lipinski definition) is 2. The Morgan fingerprint density at radius 3 is 2.83 bits per heavy atom. The first-order chi connectivity index (χ1) is 5.83. The maximum Gasteiger partial charge on any atom is 0.0699 e. The molecule has 3 nitrogen and oxygen atoms in total. The van der Waals surface area contributed by atoms with Gasteiger partial charge >= 0.3 is 0 Å². The second kappa shape index (κ2) is 3.32. The van der Waals surface area contributed by atoms with E-state index in [0.717, 1.165) is 32.4 Å². The first-order valence-electron chi connectivity index (χ1n) is 4.86. The van der Waals surface area contributed by atoms with Crippen LogP contribution in [0.5, 0.6) is 0 Å². The molecule has 2 fully saturated rings. The number of nitrogens with zero attached hydrogens (tertiary/aromatic N) is 1. The van der Waals surface area contributed by atoms with E-state index in [1.165, 1.54) is 0 Å². The Morgan fingerprint density at radius 1 is 1.25 bits per heavy atom. The van der Waals surface area contributed by atoms with E-state index >= 15 is 0 Å². The van der Waals surface area contributed by atoms with Crippen LogP contribution in [0.15, 0.2) is 0 Å². The summed E-state index contributed by atoms with van der Waals surface area (Å²) in [4.78, 5) is 2.33. The second-order valence-corrected chi connectivity index (χ2v) is 3.97. The summed E-state index contributed by atoms with van der Waals surface area (Å²) in [6.07, 6.45) is 2.88. The molecule has 0 aromatic heterocycles. The minimum absolute atomic E-state index is 0.196. The predicted molar refractivity (Wildman–Crippen MR) is 45.8 cm³/mol. The minimum atomic E-state index is -0.196. The Balaban J connectivity index is 2.06. The molecule has 3 atom stereocenters. The van der Waals surface area contributed by atoms with Gasteiger partial charge in [0.1, 0.15) is 0 Å². The molecule has 3 heteroatoms. The zero-order chi connectivity index (χ0) is 8.55. The minimum Gasteiger partial charge on any atom is -0.396 e. The van der Waals surface area contributed by atoms with E-state index in [9.17, 15) is 5.11 Å². The van der Waals surface area contributed by atoms with Gasteiger partial charge in [-0.2, -0.15) is 0 Å². The Labute approximate surface area is 73.0 Å². The van der Waals surface area contributed by atoms with Crippen molar-refractivity contribution in [2.75, 3.05) is 19.7 Å². The van der Waals surface area contributed by atoms with Crippen LogP contribution in [-0.2, 0) is 0 Å². The highest BCUT2D eigenvalue weighted by Gasteiger charge is 2.40. The number of rotatable bonds is 1. The van der Waals surface area contributed by atoms with E-state index in [2.05, 4.69) is 4.90 Å². The lowest BCUT2D eigenvalue weighted by molar-refractivity contribution is 0.00677. The highest BCUT2D eigenvalue weighted by Crippen LogP contribution is 2.31. The van der Waals surface area contributed by atoms with Gasteiger partial charge in [-0.25, -0.2) is 0 Å². The standard InChI is InChI=1S/C9H17NO2/c11-6-7-3-5-10-4-1-2-8(12)9(7)10/h7-9,11-12H,1-6H2/t7-,8-,9-/m1/s1. The molecule has 0 bridgehead atoms. The first-order valence-corrected chi connectivity index (χ1v) is 4.86. The van der Waals surface area contributed by atoms with E-state index in [1.807, 2.05) is 0 Å². The van der Waals surface area contributed by atoms with Gasteiger partial charge in [0.25, 0.3) is 0 Å². The van der Waals surface area contributed by atoms with Gasteiger partial charge in [-0.15, -0.1) is 0 Å². The lowest BCUT2D eigenvalue weighted by Crippen LogP contribution is -2.47. The summed E-state index contributed by atoms with van der Waals surface area (Å²) in [5.41, 5.74) is 0. The number of fused-ring (bicyclic) bond motifs is 1. The molecule has 2 heterocycles. The SMILES string of the molecule is OC[C@H]1CCN2CCC[C@@H](O)[C@@H]12. The van der Waals surface area contributed by atoms with Crippen LogP contribution in [-0.4, -0.2) is 47.0 Å². The maximum absolute atomic E-state index is 9.73. The number of aliphatic hydroxyl groups excluding tert-OH is 2. The van der Waals surface area contributed by atoms with Gasteiger partial charge in [0.2, 0.25) is 0 Å². The van der Waals surface area contributed by atoms with Crippen LogP contribution in [0.1, 0.15) is 19.3 Å². The average Bonchev–Trinajstić information content (AvgIpc) is 2.49. The molecule has 0 aromatic carbocycles. The molecule has 0 unspecified atom stereocenters. The van der Waals surface area contributed by atoms with Crippen molar-refractivity contribution in [2.45, 2.75) is 31.4 Å². The summed E-state index contributed by atoms with van der Waals surface area (Å²) in [6.45, 7) is 2.41. The summed E-state index contributed by atoms with van der Waals surface area (Å²) in [7, 11) is 0. The van der Waals surface area contributed by atoms with Crippen molar-refractivity contribution in [3.8, 4) is 0 Å². The molecule has 0 spiro atoms. The van der Waals surface area contributed by atoms with Crippen molar-refractivity contribution in [1.82, 2.24) is 4.90 Å². The van der Waals surface area contributed by atoms with Crippen LogP contribution < -0.4 is 0 Å². The Hall–Kier alpha value is -0.120. The zero-order valence-electron chi connectivity index (χ0n) is 7.32. The molecule has 12 heavy (non-hydrogen) atoms. The van der Waals surface area contributed by atoms with Gasteiger partial charge in [0.15, 0.2) is 0 Å². The third-order valence-electron chi connectivity index (χ3n) is 3.27. The van der Waals surface area contributed by atoms with Crippen molar-refractivity contribution >= 4 is 0 Å². The molecule has 2 N–H and O–H groups in total. The largest absolute Gasteiger partial charge is 0.396 e. The third-order valence-corrected chi connectivity index (χ3v) is 3.27. The molecule has 2 rings (SSSR count). The summed E-state index contributed by atoms with van der Waals surface area (Å²) in [5.74, 6) is 0.320. The van der Waals surface area contributed by atoms with Gasteiger partial charge in [0, 0.05) is 18.6 Å². The predicted octanol–water partition coefficient (Wildman–Crippen LogP) is -0.176. The smallest absolute Gasteiger partial charge is 0.0699 e. The molecule has 0 radical (unpaired) electrons. The number of piperidine rings is 1. The van der Waals surface area contributed by atoms with Crippen LogP contribution in [0.2, 0.25) is 0 Å². The molecule has 70 valence electrons. The van der Waals surface area contributed by atoms with Crippen LogP contribution >= 0.6 is 0 Å². The molecule has 0 aliphatic carbocycles. The highest BCUT2D eigenvalue weighted by molar-refractivity contribution is 4.94. The lowest BCUT2D eigenvalue weighted by Gasteiger charge is -2.36. The topological polar surface area (TPSA) is 43.7 Å². The van der Waals surface area contributed by atoms with E-state index in [-0.39, 0.29) is 18.8 Å². The van der Waals surface area contributed by atoms with Crippen LogP contribution in [0, 0.1) is 5.92 Å². The fourth-order valence-electron chi connectivity index (χ4n) is 2.64. The maximum atomic E-state index is 9.73. The number of aliphatic hydroxyl groups is 2. The molecular formula is C9H17NO2. The third kappa shape index (κ3) is 1.26. The van der Waals surface area contributed by atoms with Gasteiger partial charge in [-0.1, -0.05) is 0 Å². The van der Waals surface area contributed by atoms with Crippen LogP contribution in [0.4, 0.5) is 0 Å². The molecule has 2 aliphatic rings. The van der Waals surface area contributed by atoms with Crippen molar-refractivity contribution in [1.29, 1.82) is 0 Å². The van der Waals surface area contributed by atoms with Gasteiger partial charge in [0.05, 0.1) is 6.10 Å². The molecule has 2 aliphatic heterocycles. The monoisotopic (exact) mass is 171 g/mol. The van der Waals surface area contributed by atoms with Gasteiger partial charge < -0.3 is 10.2 Å². The lowest BCUT2D eigenvalue weighted by atomic mass is 9.91. The van der Waals surface area contributed by atoms with E-state index < -0.39 is 0 Å². The van der Waals surface area contributed by atoms with Crippen molar-refractivity contribution in [3.05, 3.63) is 0 Å². The van der Waals surface area contributed by atoms with Crippen LogP contribution in [0.3, 0.4) is 0 Å². The van der Waals surface area contributed by atoms with Crippen molar-refractivity contribution in [3.63, 3.8) is 0 Å². The summed E-state index contributed by atoms with van der Waals surface area (Å²) >= 11 is 0. The summed E-state index contributed by atoms with van der Waals surface area (Å²) in [6, 6.07) is 0.253. The quantitative estimate of drug-likeness (QED) is 0.575. The van der Waals surface area contributed by atoms with Gasteiger partial charge in [-0.05, 0) is 32.4 Å².